The van der Waals surface area contributed by atoms with Gasteiger partial charge in [-0.3, -0.25) is 4.79 Å². The van der Waals surface area contributed by atoms with Crippen molar-refractivity contribution in [2.75, 3.05) is 13.2 Å². The molecular weight excluding hydrogens is 899 g/mol. The number of rotatable bonds is 53. The van der Waals surface area contributed by atoms with Gasteiger partial charge in [-0.15, -0.1) is 0 Å². The van der Waals surface area contributed by atoms with Crippen molar-refractivity contribution in [3.05, 3.63) is 48.6 Å². The fourth-order valence-corrected chi connectivity index (χ4v) is 9.86. The Hall–Kier alpha value is -1.85. The second-order valence-corrected chi connectivity index (χ2v) is 21.5. The highest BCUT2D eigenvalue weighted by atomic mass is 16.7. The third-order valence-electron chi connectivity index (χ3n) is 14.7. The van der Waals surface area contributed by atoms with Crippen LogP contribution in [0.3, 0.4) is 0 Å². The van der Waals surface area contributed by atoms with Gasteiger partial charge in [0, 0.05) is 6.42 Å². The molecule has 9 nitrogen and oxygen atoms in total. The number of hydrogen-bond donors (Lipinski definition) is 6. The highest BCUT2D eigenvalue weighted by molar-refractivity contribution is 5.76. The summed E-state index contributed by atoms with van der Waals surface area (Å²) in [6, 6.07) is -0.722. The number of nitrogens with one attached hydrogen (secondary N) is 1. The topological polar surface area (TPSA) is 149 Å². The quantitative estimate of drug-likeness (QED) is 0.0261. The summed E-state index contributed by atoms with van der Waals surface area (Å²) in [6.45, 7) is 3.76. The minimum atomic E-state index is -1.56. The van der Waals surface area contributed by atoms with Crippen LogP contribution in [0.2, 0.25) is 0 Å². The van der Waals surface area contributed by atoms with E-state index >= 15 is 0 Å². The van der Waals surface area contributed by atoms with Crippen molar-refractivity contribution >= 4 is 5.91 Å². The van der Waals surface area contributed by atoms with Crippen LogP contribution in [0.15, 0.2) is 48.6 Å². The predicted octanol–water partition coefficient (Wildman–Crippen LogP) is 15.7. The number of aliphatic hydroxyl groups excluding tert-OH is 5. The Morgan fingerprint density at radius 3 is 1.28 bits per heavy atom. The van der Waals surface area contributed by atoms with E-state index in [1.54, 1.807) is 0 Å². The van der Waals surface area contributed by atoms with Gasteiger partial charge in [-0.2, -0.15) is 0 Å². The highest BCUT2D eigenvalue weighted by Gasteiger charge is 2.44. The van der Waals surface area contributed by atoms with Crippen LogP contribution >= 0.6 is 0 Å². The summed E-state index contributed by atoms with van der Waals surface area (Å²) in [5, 5.41) is 54.8. The van der Waals surface area contributed by atoms with E-state index in [-0.39, 0.29) is 12.5 Å². The normalized spacial score (nSPS) is 19.5. The van der Waals surface area contributed by atoms with Crippen molar-refractivity contribution in [2.24, 2.45) is 0 Å². The molecule has 0 bridgehead atoms. The van der Waals surface area contributed by atoms with Gasteiger partial charge in [0.05, 0.1) is 25.4 Å². The largest absolute Gasteiger partial charge is 0.394 e. The van der Waals surface area contributed by atoms with Gasteiger partial charge in [0.15, 0.2) is 6.29 Å². The van der Waals surface area contributed by atoms with Gasteiger partial charge in [-0.1, -0.05) is 281 Å². The molecule has 0 spiro atoms. The van der Waals surface area contributed by atoms with Gasteiger partial charge < -0.3 is 40.3 Å². The maximum atomic E-state index is 13.1. The van der Waals surface area contributed by atoms with Crippen LogP contribution in [0, 0.1) is 0 Å². The van der Waals surface area contributed by atoms with Crippen LogP contribution in [0.4, 0.5) is 0 Å². The van der Waals surface area contributed by atoms with Gasteiger partial charge in [-0.05, 0) is 51.4 Å². The first-order valence-electron chi connectivity index (χ1n) is 30.8. The molecule has 0 saturated carbocycles. The lowest BCUT2D eigenvalue weighted by Gasteiger charge is -2.40. The molecule has 9 heteroatoms. The minimum absolute atomic E-state index is 0.138. The van der Waals surface area contributed by atoms with E-state index in [0.717, 1.165) is 64.2 Å². The second kappa shape index (κ2) is 52.6. The van der Waals surface area contributed by atoms with Crippen molar-refractivity contribution in [3.63, 3.8) is 0 Å². The number of ether oxygens (including phenoxy) is 2. The Labute approximate surface area is 444 Å². The molecule has 0 aliphatic carbocycles. The fourth-order valence-electron chi connectivity index (χ4n) is 9.86. The van der Waals surface area contributed by atoms with Crippen molar-refractivity contribution < 1.29 is 39.8 Å². The van der Waals surface area contributed by atoms with E-state index in [1.165, 1.54) is 199 Å². The fraction of sp³-hybridized carbons (Fsp3) is 0.857. The number of allylic oxidation sites excluding steroid dienone is 8. The number of aliphatic hydroxyl groups is 5. The van der Waals surface area contributed by atoms with E-state index in [0.29, 0.717) is 12.8 Å². The van der Waals surface area contributed by atoms with Crippen molar-refractivity contribution in [1.82, 2.24) is 5.32 Å². The van der Waals surface area contributed by atoms with E-state index < -0.39 is 49.5 Å². The molecule has 0 aromatic heterocycles. The third-order valence-corrected chi connectivity index (χ3v) is 14.7. The number of hydrogen-bond acceptors (Lipinski definition) is 8. The summed E-state index contributed by atoms with van der Waals surface area (Å²) >= 11 is 0. The Morgan fingerprint density at radius 1 is 0.486 bits per heavy atom. The molecule has 1 fully saturated rings. The number of carbonyl (C=O) groups excluding carboxylic acids is 1. The average Bonchev–Trinajstić information content (AvgIpc) is 3.38. The van der Waals surface area contributed by atoms with Crippen molar-refractivity contribution in [1.29, 1.82) is 0 Å². The first kappa shape index (κ1) is 68.2. The Kier molecular flexibility index (Phi) is 49.8. The van der Waals surface area contributed by atoms with E-state index in [4.69, 9.17) is 9.47 Å². The maximum Gasteiger partial charge on any atom is 0.220 e. The summed E-state index contributed by atoms with van der Waals surface area (Å²) in [5.74, 6) is -0.144. The Balaban J connectivity index is 2.18. The third kappa shape index (κ3) is 41.4. The van der Waals surface area contributed by atoms with E-state index in [2.05, 4.69) is 67.8 Å². The molecule has 1 heterocycles. The molecule has 1 amide bonds. The zero-order valence-electron chi connectivity index (χ0n) is 46.9. The van der Waals surface area contributed by atoms with Crippen LogP contribution < -0.4 is 5.32 Å². The summed E-state index contributed by atoms with van der Waals surface area (Å²) < 4.78 is 11.3. The average molecular weight is 1020 g/mol. The molecule has 0 aromatic carbocycles. The number of unbranched alkanes of at least 4 members (excludes halogenated alkanes) is 35. The molecule has 1 saturated heterocycles. The van der Waals surface area contributed by atoms with Crippen LogP contribution in [0.5, 0.6) is 0 Å². The van der Waals surface area contributed by atoms with E-state index in [9.17, 15) is 30.3 Å². The standard InChI is InChI=1S/C63H117NO8/c1-3-5-7-9-11-13-15-17-19-21-23-25-27-29-31-33-35-37-39-41-43-45-47-49-51-53-59(67)64-56(55-71-63-62(70)61(69)60(68)58(54-65)72-63)57(66)52-50-48-46-44-42-40-38-36-34-32-30-28-26-24-22-20-18-16-14-12-10-8-6-4-2/h5,7,11,13,17,19,23,25,56-58,60-63,65-66,68-70H,3-4,6,8-10,12,14-16,18,20-22,24,26-55H2,1-2H3,(H,64,67)/b7-5-,13-11-,19-17-,25-23-. The molecule has 1 rings (SSSR count). The van der Waals surface area contributed by atoms with Crippen molar-refractivity contribution in [3.8, 4) is 0 Å². The number of amides is 1. The van der Waals surface area contributed by atoms with E-state index in [1.807, 2.05) is 0 Å². The van der Waals surface area contributed by atoms with Crippen LogP contribution in [-0.4, -0.2) is 87.5 Å². The molecule has 1 aliphatic heterocycles. The molecule has 6 N–H and O–H groups in total. The summed E-state index contributed by atoms with van der Waals surface area (Å²) in [6.07, 6.45) is 62.9. The predicted molar refractivity (Wildman–Crippen MR) is 304 cm³/mol. The molecular formula is C63H117NO8. The first-order valence-corrected chi connectivity index (χ1v) is 30.8. The molecule has 0 aromatic rings. The summed E-state index contributed by atoms with van der Waals surface area (Å²) in [5.41, 5.74) is 0. The minimum Gasteiger partial charge on any atom is -0.394 e. The van der Waals surface area contributed by atoms with Gasteiger partial charge in [-0.25, -0.2) is 0 Å². The highest BCUT2D eigenvalue weighted by Crippen LogP contribution is 2.23. The van der Waals surface area contributed by atoms with Crippen LogP contribution in [0.1, 0.15) is 290 Å². The molecule has 1 aliphatic rings. The van der Waals surface area contributed by atoms with Gasteiger partial charge in [0.25, 0.3) is 0 Å². The second-order valence-electron chi connectivity index (χ2n) is 21.5. The van der Waals surface area contributed by atoms with Gasteiger partial charge >= 0.3 is 0 Å². The lowest BCUT2D eigenvalue weighted by molar-refractivity contribution is -0.302. The summed E-state index contributed by atoms with van der Waals surface area (Å²) in [4.78, 5) is 13.1. The lowest BCUT2D eigenvalue weighted by Crippen LogP contribution is -2.60. The van der Waals surface area contributed by atoms with Gasteiger partial charge in [0.1, 0.15) is 24.4 Å². The molecule has 7 unspecified atom stereocenters. The maximum absolute atomic E-state index is 13.1. The number of carbonyl (C=O) groups is 1. The van der Waals surface area contributed by atoms with Crippen molar-refractivity contribution in [2.45, 2.75) is 333 Å². The monoisotopic (exact) mass is 1020 g/mol. The van der Waals surface area contributed by atoms with Crippen LogP contribution in [0.25, 0.3) is 0 Å². The zero-order valence-corrected chi connectivity index (χ0v) is 46.9. The van der Waals surface area contributed by atoms with Gasteiger partial charge in [0.2, 0.25) is 5.91 Å². The molecule has 7 atom stereocenters. The first-order chi connectivity index (χ1) is 35.3. The molecule has 0 radical (unpaired) electrons. The smallest absolute Gasteiger partial charge is 0.220 e. The lowest BCUT2D eigenvalue weighted by atomic mass is 9.99. The Morgan fingerprint density at radius 2 is 0.861 bits per heavy atom. The summed E-state index contributed by atoms with van der Waals surface area (Å²) in [7, 11) is 0. The zero-order chi connectivity index (χ0) is 52.2. The molecule has 72 heavy (non-hydrogen) atoms. The Bertz CT molecular complexity index is 1270. The SMILES string of the molecule is CC/C=C\C/C=C\C/C=C\C/C=C\CCCCCCCCCCCCCCC(=O)NC(COC1OC(CO)C(O)C(O)C1O)C(O)CCCCCCCCCCCCCCCCCCCCCCCCCC. The van der Waals surface area contributed by atoms with Crippen LogP contribution in [-0.2, 0) is 14.3 Å². The molecule has 422 valence electrons.